The molecule has 1 aliphatic carbocycles. The molecule has 1 saturated heterocycles. The van der Waals surface area contributed by atoms with E-state index in [-0.39, 0.29) is 12.2 Å². The van der Waals surface area contributed by atoms with Gasteiger partial charge in [-0.25, -0.2) is 8.42 Å². The molecular weight excluding hydrogens is 282 g/mol. The van der Waals surface area contributed by atoms with E-state index in [1.165, 1.54) is 11.4 Å². The van der Waals surface area contributed by atoms with Crippen LogP contribution in [0.1, 0.15) is 33.1 Å². The molecule has 20 heavy (non-hydrogen) atoms. The monoisotopic (exact) mass is 305 g/mol. The highest BCUT2D eigenvalue weighted by atomic mass is 32.2. The molecule has 0 amide bonds. The van der Waals surface area contributed by atoms with Gasteiger partial charge in [0.15, 0.2) is 0 Å². The smallest absolute Gasteiger partial charge is 0.310 e. The summed E-state index contributed by atoms with van der Waals surface area (Å²) in [6, 6.07) is 0. The number of hydrogen-bond acceptors (Lipinski definition) is 5. The summed E-state index contributed by atoms with van der Waals surface area (Å²) in [5.74, 6) is -0.941. The molecule has 116 valence electrons. The Balaban J connectivity index is 2.19. The second-order valence-corrected chi connectivity index (χ2v) is 7.87. The lowest BCUT2D eigenvalue weighted by Gasteiger charge is -2.36. The van der Waals surface area contributed by atoms with Gasteiger partial charge in [0, 0.05) is 13.1 Å². The van der Waals surface area contributed by atoms with Crippen LogP contribution in [0.5, 0.6) is 0 Å². The van der Waals surface area contributed by atoms with E-state index >= 15 is 0 Å². The largest absolute Gasteiger partial charge is 0.469 e. The van der Waals surface area contributed by atoms with Crippen LogP contribution in [0.25, 0.3) is 0 Å². The van der Waals surface area contributed by atoms with Crippen LogP contribution in [0.3, 0.4) is 0 Å². The molecule has 1 saturated carbocycles. The number of sulfonamides is 1. The number of ether oxygens (including phenoxy) is 2. The van der Waals surface area contributed by atoms with E-state index in [1.54, 1.807) is 0 Å². The van der Waals surface area contributed by atoms with E-state index in [4.69, 9.17) is 9.47 Å². The van der Waals surface area contributed by atoms with E-state index in [0.717, 1.165) is 6.42 Å². The van der Waals surface area contributed by atoms with Gasteiger partial charge in [-0.1, -0.05) is 6.42 Å². The predicted octanol–water partition coefficient (Wildman–Crippen LogP) is 0.767. The fourth-order valence-corrected chi connectivity index (χ4v) is 5.58. The molecule has 2 fully saturated rings. The van der Waals surface area contributed by atoms with Gasteiger partial charge in [-0.15, -0.1) is 0 Å². The molecule has 1 heterocycles. The molecule has 4 atom stereocenters. The van der Waals surface area contributed by atoms with Gasteiger partial charge >= 0.3 is 5.97 Å². The second-order valence-electron chi connectivity index (χ2n) is 5.72. The van der Waals surface area contributed by atoms with Crippen molar-refractivity contribution < 1.29 is 22.7 Å². The second kappa shape index (κ2) is 5.99. The van der Waals surface area contributed by atoms with Crippen molar-refractivity contribution in [3.63, 3.8) is 0 Å². The molecule has 0 aromatic carbocycles. The summed E-state index contributed by atoms with van der Waals surface area (Å²) in [4.78, 5) is 11.8. The first kappa shape index (κ1) is 15.7. The third kappa shape index (κ3) is 2.99. The zero-order valence-corrected chi connectivity index (χ0v) is 13.1. The highest BCUT2D eigenvalue weighted by molar-refractivity contribution is 7.89. The highest BCUT2D eigenvalue weighted by Gasteiger charge is 2.46. The Kier molecular flexibility index (Phi) is 4.71. The molecule has 4 unspecified atom stereocenters. The summed E-state index contributed by atoms with van der Waals surface area (Å²) < 4.78 is 37.3. The van der Waals surface area contributed by atoms with Crippen LogP contribution in [0.15, 0.2) is 0 Å². The molecule has 0 N–H and O–H groups in total. The lowest BCUT2D eigenvalue weighted by molar-refractivity contribution is -0.145. The van der Waals surface area contributed by atoms with Crippen molar-refractivity contribution in [3.05, 3.63) is 0 Å². The van der Waals surface area contributed by atoms with Crippen LogP contribution in [0.2, 0.25) is 0 Å². The van der Waals surface area contributed by atoms with Crippen LogP contribution in [-0.2, 0) is 24.3 Å². The number of methoxy groups -OCH3 is 1. The summed E-state index contributed by atoms with van der Waals surface area (Å²) in [5.41, 5.74) is 0. The van der Waals surface area contributed by atoms with Gasteiger partial charge in [-0.2, -0.15) is 4.31 Å². The van der Waals surface area contributed by atoms with Crippen LogP contribution >= 0.6 is 0 Å². The van der Waals surface area contributed by atoms with E-state index in [2.05, 4.69) is 0 Å². The van der Waals surface area contributed by atoms with Crippen LogP contribution in [0, 0.1) is 5.92 Å². The molecule has 2 aliphatic rings. The molecular formula is C13H23NO5S. The van der Waals surface area contributed by atoms with Crippen molar-refractivity contribution in [1.82, 2.24) is 4.31 Å². The normalized spacial score (nSPS) is 36.0. The third-order valence-corrected chi connectivity index (χ3v) is 6.43. The quantitative estimate of drug-likeness (QED) is 0.720. The number of esters is 1. The maximum atomic E-state index is 12.8. The lowest BCUT2D eigenvalue weighted by atomic mass is 10.1. The molecule has 0 bridgehead atoms. The average Bonchev–Trinajstić information content (AvgIpc) is 2.86. The molecule has 7 heteroatoms. The summed E-state index contributed by atoms with van der Waals surface area (Å²) >= 11 is 0. The van der Waals surface area contributed by atoms with E-state index in [9.17, 15) is 13.2 Å². The summed E-state index contributed by atoms with van der Waals surface area (Å²) in [6.45, 7) is 4.45. The van der Waals surface area contributed by atoms with Gasteiger partial charge in [0.1, 0.15) is 0 Å². The molecule has 0 aromatic heterocycles. The van der Waals surface area contributed by atoms with Gasteiger partial charge in [0.05, 0.1) is 30.5 Å². The zero-order chi connectivity index (χ0) is 14.9. The minimum Gasteiger partial charge on any atom is -0.469 e. The zero-order valence-electron chi connectivity index (χ0n) is 12.2. The lowest BCUT2D eigenvalue weighted by Crippen LogP contribution is -2.52. The average molecular weight is 305 g/mol. The van der Waals surface area contributed by atoms with Crippen LogP contribution in [0.4, 0.5) is 0 Å². The van der Waals surface area contributed by atoms with Gasteiger partial charge in [-0.3, -0.25) is 4.79 Å². The van der Waals surface area contributed by atoms with Crippen molar-refractivity contribution in [3.8, 4) is 0 Å². The van der Waals surface area contributed by atoms with Gasteiger partial charge in [-0.05, 0) is 26.7 Å². The first-order valence-electron chi connectivity index (χ1n) is 7.08. The van der Waals surface area contributed by atoms with Gasteiger partial charge in [0.25, 0.3) is 0 Å². The Hall–Kier alpha value is -0.660. The Morgan fingerprint density at radius 3 is 2.35 bits per heavy atom. The van der Waals surface area contributed by atoms with Crippen molar-refractivity contribution in [1.29, 1.82) is 0 Å². The number of hydrogen-bond donors (Lipinski definition) is 0. The maximum Gasteiger partial charge on any atom is 0.310 e. The topological polar surface area (TPSA) is 72.9 Å². The Morgan fingerprint density at radius 2 is 1.80 bits per heavy atom. The SMILES string of the molecule is COC(=O)C1CCCC1S(=O)(=O)N1CC(C)OC(C)C1. The summed E-state index contributed by atoms with van der Waals surface area (Å²) in [5, 5.41) is -0.646. The van der Waals surface area contributed by atoms with Crippen molar-refractivity contribution in [2.45, 2.75) is 50.6 Å². The fraction of sp³-hybridized carbons (Fsp3) is 0.923. The Labute approximate surface area is 120 Å². The summed E-state index contributed by atoms with van der Waals surface area (Å²) in [6.07, 6.45) is 1.63. The Bertz CT molecular complexity index is 453. The van der Waals surface area contributed by atoms with E-state index < -0.39 is 27.2 Å². The standard InChI is InChI=1S/C13H23NO5S/c1-9-7-14(8-10(2)19-9)20(16,17)12-6-4-5-11(12)13(15)18-3/h9-12H,4-8H2,1-3H3. The van der Waals surface area contributed by atoms with Gasteiger partial charge < -0.3 is 9.47 Å². The highest BCUT2D eigenvalue weighted by Crippen LogP contribution is 2.34. The number of morpholine rings is 1. The molecule has 0 aromatic rings. The van der Waals surface area contributed by atoms with E-state index in [0.29, 0.717) is 25.9 Å². The maximum absolute atomic E-state index is 12.8. The van der Waals surface area contributed by atoms with Crippen LogP contribution in [-0.4, -0.2) is 56.3 Å². The molecule has 0 spiro atoms. The molecule has 2 rings (SSSR count). The molecule has 0 radical (unpaired) electrons. The molecule has 1 aliphatic heterocycles. The van der Waals surface area contributed by atoms with Crippen molar-refractivity contribution in [2.75, 3.05) is 20.2 Å². The van der Waals surface area contributed by atoms with Crippen molar-refractivity contribution in [2.24, 2.45) is 5.92 Å². The molecule has 6 nitrogen and oxygen atoms in total. The number of carbonyl (C=O) groups is 1. The first-order valence-corrected chi connectivity index (χ1v) is 8.58. The number of carbonyl (C=O) groups excluding carboxylic acids is 1. The first-order chi connectivity index (χ1) is 9.36. The van der Waals surface area contributed by atoms with Crippen LogP contribution < -0.4 is 0 Å². The number of rotatable bonds is 3. The minimum absolute atomic E-state index is 0.119. The predicted molar refractivity (Wildman–Crippen MR) is 73.6 cm³/mol. The van der Waals surface area contributed by atoms with Gasteiger partial charge in [0.2, 0.25) is 10.0 Å². The summed E-state index contributed by atoms with van der Waals surface area (Å²) in [7, 11) is -2.17. The fourth-order valence-electron chi connectivity index (χ4n) is 3.23. The minimum atomic E-state index is -3.48. The Morgan fingerprint density at radius 1 is 1.20 bits per heavy atom. The van der Waals surface area contributed by atoms with Crippen molar-refractivity contribution >= 4 is 16.0 Å². The number of nitrogens with zero attached hydrogens (tertiary/aromatic N) is 1. The third-order valence-electron chi connectivity index (χ3n) is 4.09. The van der Waals surface area contributed by atoms with E-state index in [1.807, 2.05) is 13.8 Å².